The minimum atomic E-state index is -3.59. The van der Waals surface area contributed by atoms with E-state index in [2.05, 4.69) is 40.6 Å². The predicted molar refractivity (Wildman–Crippen MR) is 125 cm³/mol. The molecule has 1 aromatic carbocycles. The fraction of sp³-hybridized carbons (Fsp3) is 0.524. The van der Waals surface area contributed by atoms with Gasteiger partial charge in [0, 0.05) is 31.7 Å². The average Bonchev–Trinajstić information content (AvgIpc) is 2.76. The fourth-order valence-electron chi connectivity index (χ4n) is 3.14. The van der Waals surface area contributed by atoms with Gasteiger partial charge < -0.3 is 14.4 Å². The molecule has 2 aromatic rings. The number of morpholine rings is 1. The lowest BCUT2D eigenvalue weighted by Gasteiger charge is -2.27. The van der Waals surface area contributed by atoms with Crippen LogP contribution in [-0.4, -0.2) is 63.9 Å². The molecular weight excluding hydrogens is 446 g/mol. The lowest BCUT2D eigenvalue weighted by Crippen LogP contribution is -2.41. The molecule has 2 N–H and O–H groups in total. The molecule has 180 valence electrons. The van der Waals surface area contributed by atoms with Gasteiger partial charge in [-0.25, -0.2) is 0 Å². The predicted octanol–water partition coefficient (Wildman–Crippen LogP) is 2.12. The number of benzene rings is 1. The Morgan fingerprint density at radius 2 is 2.00 bits per heavy atom. The van der Waals surface area contributed by atoms with Crippen LogP contribution in [0.5, 0.6) is 6.01 Å². The van der Waals surface area contributed by atoms with Crippen LogP contribution in [0.4, 0.5) is 11.6 Å². The van der Waals surface area contributed by atoms with Crippen molar-refractivity contribution in [1.82, 2.24) is 19.4 Å². The van der Waals surface area contributed by atoms with Crippen molar-refractivity contribution in [1.29, 1.82) is 0 Å². The van der Waals surface area contributed by atoms with Crippen molar-refractivity contribution in [2.24, 2.45) is 10.2 Å². The highest BCUT2D eigenvalue weighted by molar-refractivity contribution is 7.87. The third kappa shape index (κ3) is 8.65. The van der Waals surface area contributed by atoms with E-state index in [1.54, 1.807) is 19.9 Å². The van der Waals surface area contributed by atoms with Crippen LogP contribution < -0.4 is 19.1 Å². The molecule has 1 fully saturated rings. The second kappa shape index (κ2) is 12.0. The lowest BCUT2D eigenvalue weighted by molar-refractivity contribution is 0.122. The summed E-state index contributed by atoms with van der Waals surface area (Å²) in [5, 5.41) is 8.53. The van der Waals surface area contributed by atoms with Gasteiger partial charge in [0.05, 0.1) is 19.8 Å². The zero-order chi connectivity index (χ0) is 23.7. The Bertz CT molecular complexity index is 1040. The molecule has 1 aliphatic heterocycles. The highest BCUT2D eigenvalue weighted by atomic mass is 32.2. The van der Waals surface area contributed by atoms with Gasteiger partial charge in [0.15, 0.2) is 5.82 Å². The number of aromatic nitrogens is 2. The van der Waals surface area contributed by atoms with Gasteiger partial charge in [-0.2, -0.15) is 32.9 Å². The van der Waals surface area contributed by atoms with Gasteiger partial charge in [-0.15, -0.1) is 5.11 Å². The summed E-state index contributed by atoms with van der Waals surface area (Å²) in [7, 11) is -3.59. The number of hydrogen-bond acceptors (Lipinski definition) is 9. The molecule has 33 heavy (non-hydrogen) atoms. The summed E-state index contributed by atoms with van der Waals surface area (Å²) in [6.07, 6.45) is 0. The van der Waals surface area contributed by atoms with Crippen LogP contribution in [0.25, 0.3) is 0 Å². The molecular formula is C21H31N7O4S. The molecule has 3 rings (SSSR count). The molecule has 0 spiro atoms. The minimum absolute atomic E-state index is 0.0610. The molecule has 0 bridgehead atoms. The maximum atomic E-state index is 11.9. The van der Waals surface area contributed by atoms with Gasteiger partial charge in [0.2, 0.25) is 0 Å². The number of azo groups is 1. The standard InChI is InChI=1S/C21H31N7O4S/c1-16(2)27-33(29,30)23-7-10-32-21-24-19(14-20(25-21)28-8-11-31-12-9-28)26-22-15-18-6-4-5-17(3)13-18/h4-6,13-14,16,23,27H,7-12,15H2,1-3H3. The normalized spacial score (nSPS) is 14.8. The third-order valence-corrected chi connectivity index (χ3v) is 5.90. The lowest BCUT2D eigenvalue weighted by atomic mass is 10.1. The van der Waals surface area contributed by atoms with Crippen molar-refractivity contribution in [2.45, 2.75) is 33.4 Å². The molecule has 1 saturated heterocycles. The zero-order valence-electron chi connectivity index (χ0n) is 19.2. The molecule has 11 nitrogen and oxygen atoms in total. The molecule has 0 amide bonds. The van der Waals surface area contributed by atoms with Gasteiger partial charge in [-0.1, -0.05) is 29.8 Å². The monoisotopic (exact) mass is 477 g/mol. The number of nitrogens with zero attached hydrogens (tertiary/aromatic N) is 5. The summed E-state index contributed by atoms with van der Waals surface area (Å²) < 4.78 is 39.6. The topological polar surface area (TPSA) is 130 Å². The van der Waals surface area contributed by atoms with Gasteiger partial charge in [-0.3, -0.25) is 0 Å². The number of ether oxygens (including phenoxy) is 2. The quantitative estimate of drug-likeness (QED) is 0.374. The van der Waals surface area contributed by atoms with Crippen LogP contribution in [0.3, 0.4) is 0 Å². The van der Waals surface area contributed by atoms with Gasteiger partial charge >= 0.3 is 6.01 Å². The SMILES string of the molecule is Cc1cccc(CN=Nc2cc(N3CCOCC3)nc(OCCNS(=O)(=O)NC(C)C)n2)c1. The molecule has 2 heterocycles. The Labute approximate surface area is 194 Å². The Hall–Kier alpha value is -2.67. The van der Waals surface area contributed by atoms with Gasteiger partial charge in [0.1, 0.15) is 12.4 Å². The van der Waals surface area contributed by atoms with Crippen molar-refractivity contribution in [3.05, 3.63) is 41.5 Å². The molecule has 0 saturated carbocycles. The first-order valence-electron chi connectivity index (χ1n) is 10.9. The summed E-state index contributed by atoms with van der Waals surface area (Å²) in [6, 6.07) is 9.73. The van der Waals surface area contributed by atoms with Crippen LogP contribution in [0.2, 0.25) is 0 Å². The van der Waals surface area contributed by atoms with Crippen LogP contribution in [-0.2, 0) is 21.5 Å². The van der Waals surface area contributed by atoms with E-state index < -0.39 is 10.2 Å². The van der Waals surface area contributed by atoms with E-state index in [1.807, 2.05) is 25.1 Å². The van der Waals surface area contributed by atoms with Crippen LogP contribution in [0.15, 0.2) is 40.6 Å². The molecule has 0 radical (unpaired) electrons. The van der Waals surface area contributed by atoms with Crippen molar-refractivity contribution in [3.63, 3.8) is 0 Å². The first-order valence-corrected chi connectivity index (χ1v) is 12.3. The minimum Gasteiger partial charge on any atom is -0.462 e. The van der Waals surface area contributed by atoms with Crippen LogP contribution >= 0.6 is 0 Å². The molecule has 12 heteroatoms. The van der Waals surface area contributed by atoms with E-state index in [9.17, 15) is 8.42 Å². The number of nitrogens with one attached hydrogen (secondary N) is 2. The van der Waals surface area contributed by atoms with Gasteiger partial charge in [-0.05, 0) is 26.3 Å². The van der Waals surface area contributed by atoms with E-state index in [0.29, 0.717) is 44.5 Å². The molecule has 0 unspecified atom stereocenters. The number of hydrogen-bond donors (Lipinski definition) is 2. The van der Waals surface area contributed by atoms with Crippen LogP contribution in [0, 0.1) is 6.92 Å². The summed E-state index contributed by atoms with van der Waals surface area (Å²) in [4.78, 5) is 10.8. The Kier molecular flexibility index (Phi) is 9.06. The highest BCUT2D eigenvalue weighted by Crippen LogP contribution is 2.23. The summed E-state index contributed by atoms with van der Waals surface area (Å²) >= 11 is 0. The first kappa shape index (κ1) is 25.0. The zero-order valence-corrected chi connectivity index (χ0v) is 20.0. The van der Waals surface area contributed by atoms with E-state index in [0.717, 1.165) is 11.1 Å². The molecule has 0 aliphatic carbocycles. The van der Waals surface area contributed by atoms with E-state index in [4.69, 9.17) is 9.47 Å². The highest BCUT2D eigenvalue weighted by Gasteiger charge is 2.16. The van der Waals surface area contributed by atoms with Crippen molar-refractivity contribution >= 4 is 21.8 Å². The van der Waals surface area contributed by atoms with Crippen molar-refractivity contribution < 1.29 is 17.9 Å². The van der Waals surface area contributed by atoms with E-state index >= 15 is 0 Å². The Balaban J connectivity index is 1.67. The number of aryl methyl sites for hydroxylation is 1. The van der Waals surface area contributed by atoms with E-state index in [1.165, 1.54) is 0 Å². The van der Waals surface area contributed by atoms with Crippen LogP contribution in [0.1, 0.15) is 25.0 Å². The first-order chi connectivity index (χ1) is 15.8. The van der Waals surface area contributed by atoms with Crippen molar-refractivity contribution in [3.8, 4) is 6.01 Å². The smallest absolute Gasteiger partial charge is 0.320 e. The second-order valence-corrected chi connectivity index (χ2v) is 9.40. The maximum Gasteiger partial charge on any atom is 0.320 e. The van der Waals surface area contributed by atoms with E-state index in [-0.39, 0.29) is 25.2 Å². The fourth-order valence-corrected chi connectivity index (χ4v) is 4.20. The molecule has 1 aliphatic rings. The number of rotatable bonds is 11. The third-order valence-electron chi connectivity index (χ3n) is 4.54. The second-order valence-electron chi connectivity index (χ2n) is 7.87. The average molecular weight is 478 g/mol. The largest absolute Gasteiger partial charge is 0.462 e. The summed E-state index contributed by atoms with van der Waals surface area (Å²) in [5.41, 5.74) is 2.22. The summed E-state index contributed by atoms with van der Waals surface area (Å²) in [5.74, 6) is 1.03. The summed E-state index contributed by atoms with van der Waals surface area (Å²) in [6.45, 7) is 8.67. The van der Waals surface area contributed by atoms with Crippen molar-refractivity contribution in [2.75, 3.05) is 44.4 Å². The molecule has 1 aromatic heterocycles. The maximum absolute atomic E-state index is 11.9. The Morgan fingerprint density at radius 1 is 1.21 bits per heavy atom. The number of anilines is 1. The Morgan fingerprint density at radius 3 is 2.73 bits per heavy atom. The van der Waals surface area contributed by atoms with Gasteiger partial charge in [0.25, 0.3) is 10.2 Å². The molecule has 0 atom stereocenters.